The summed E-state index contributed by atoms with van der Waals surface area (Å²) in [6.07, 6.45) is 3.80. The number of hydrogen-bond acceptors (Lipinski definition) is 1. The molecule has 1 aromatic rings. The minimum Gasteiger partial charge on any atom is -0.316 e. The normalized spacial score (nSPS) is 13.7. The molecule has 1 atom stereocenters. The van der Waals surface area contributed by atoms with Crippen molar-refractivity contribution in [1.29, 1.82) is 0 Å². The van der Waals surface area contributed by atoms with Crippen molar-refractivity contribution >= 4 is 0 Å². The molecule has 0 saturated heterocycles. The van der Waals surface area contributed by atoms with Gasteiger partial charge in [-0.15, -0.1) is 0 Å². The molecule has 0 heterocycles. The predicted molar refractivity (Wildman–Crippen MR) is 94.8 cm³/mol. The summed E-state index contributed by atoms with van der Waals surface area (Å²) in [5, 5.41) is 3.65. The molecule has 1 nitrogen and oxygen atoms in total. The van der Waals surface area contributed by atoms with Crippen LogP contribution in [-0.4, -0.2) is 13.1 Å². The van der Waals surface area contributed by atoms with Crippen molar-refractivity contribution in [2.45, 2.75) is 60.8 Å². The van der Waals surface area contributed by atoms with Crippen LogP contribution in [-0.2, 0) is 6.42 Å². The highest BCUT2D eigenvalue weighted by Gasteiger charge is 2.16. The smallest absolute Gasteiger partial charge is 0.00172 e. The number of benzene rings is 1. The molecule has 0 bridgehead atoms. The topological polar surface area (TPSA) is 12.0 Å². The Morgan fingerprint density at radius 2 is 1.62 bits per heavy atom. The average Bonchev–Trinajstić information content (AvgIpc) is 2.37. The lowest BCUT2D eigenvalue weighted by atomic mass is 9.84. The van der Waals surface area contributed by atoms with Crippen LogP contribution < -0.4 is 5.32 Å². The van der Waals surface area contributed by atoms with Gasteiger partial charge in [0.25, 0.3) is 0 Å². The summed E-state index contributed by atoms with van der Waals surface area (Å²) in [7, 11) is 0. The summed E-state index contributed by atoms with van der Waals surface area (Å²) in [5.41, 5.74) is 3.26. The van der Waals surface area contributed by atoms with Gasteiger partial charge in [-0.2, -0.15) is 0 Å². The van der Waals surface area contributed by atoms with Crippen molar-refractivity contribution in [2.75, 3.05) is 13.1 Å². The molecule has 0 aliphatic heterocycles. The molecule has 0 aromatic heterocycles. The van der Waals surface area contributed by atoms with Gasteiger partial charge in [-0.1, -0.05) is 64.4 Å². The minimum absolute atomic E-state index is 0.434. The van der Waals surface area contributed by atoms with Gasteiger partial charge in [0.05, 0.1) is 0 Å². The molecular weight excluding hydrogens is 254 g/mol. The Balaban J connectivity index is 2.55. The molecule has 1 unspecified atom stereocenters. The molecule has 0 radical (unpaired) electrons. The number of hydrogen-bond donors (Lipinski definition) is 1. The third kappa shape index (κ3) is 8.93. The van der Waals surface area contributed by atoms with E-state index in [1.807, 2.05) is 0 Å². The first-order valence-electron chi connectivity index (χ1n) is 8.52. The zero-order valence-corrected chi connectivity index (χ0v) is 15.0. The third-order valence-corrected chi connectivity index (χ3v) is 3.93. The van der Waals surface area contributed by atoms with Crippen molar-refractivity contribution in [1.82, 2.24) is 5.32 Å². The van der Waals surface area contributed by atoms with Crippen LogP contribution >= 0.6 is 0 Å². The number of aryl methyl sites for hydroxylation is 1. The molecule has 0 amide bonds. The first-order valence-corrected chi connectivity index (χ1v) is 8.52. The lowest BCUT2D eigenvalue weighted by molar-refractivity contribution is 0.311. The highest BCUT2D eigenvalue weighted by atomic mass is 14.9. The molecule has 1 N–H and O–H groups in total. The van der Waals surface area contributed by atoms with Gasteiger partial charge in [-0.3, -0.25) is 0 Å². The van der Waals surface area contributed by atoms with Gasteiger partial charge in [-0.05, 0) is 62.1 Å². The van der Waals surface area contributed by atoms with E-state index in [1.54, 1.807) is 0 Å². The van der Waals surface area contributed by atoms with Gasteiger partial charge in [-0.25, -0.2) is 0 Å². The quantitative estimate of drug-likeness (QED) is 0.691. The number of rotatable bonds is 8. The van der Waals surface area contributed by atoms with E-state index in [0.29, 0.717) is 5.41 Å². The summed E-state index contributed by atoms with van der Waals surface area (Å²) in [6, 6.07) is 9.05. The van der Waals surface area contributed by atoms with E-state index in [1.165, 1.54) is 30.4 Å². The van der Waals surface area contributed by atoms with E-state index < -0.39 is 0 Å². The molecule has 1 heteroatoms. The molecule has 1 rings (SSSR count). The van der Waals surface area contributed by atoms with Gasteiger partial charge in [0, 0.05) is 0 Å². The van der Waals surface area contributed by atoms with Crippen molar-refractivity contribution in [2.24, 2.45) is 17.3 Å². The predicted octanol–water partition coefficient (Wildman–Crippen LogP) is 5.23. The maximum Gasteiger partial charge on any atom is -0.00172 e. The largest absolute Gasteiger partial charge is 0.316 e. The van der Waals surface area contributed by atoms with Crippen molar-refractivity contribution in [3.8, 4) is 0 Å². The third-order valence-electron chi connectivity index (χ3n) is 3.93. The summed E-state index contributed by atoms with van der Waals surface area (Å²) >= 11 is 0. The Morgan fingerprint density at radius 3 is 2.14 bits per heavy atom. The Morgan fingerprint density at radius 1 is 1.00 bits per heavy atom. The monoisotopic (exact) mass is 289 g/mol. The Hall–Kier alpha value is -0.820. The van der Waals surface area contributed by atoms with E-state index >= 15 is 0 Å². The maximum absolute atomic E-state index is 3.65. The van der Waals surface area contributed by atoms with E-state index in [9.17, 15) is 0 Å². The molecule has 21 heavy (non-hydrogen) atoms. The Bertz CT molecular complexity index is 383. The summed E-state index contributed by atoms with van der Waals surface area (Å²) < 4.78 is 0. The Labute approximate surface area is 132 Å². The fraction of sp³-hybridized carbons (Fsp3) is 0.700. The highest BCUT2D eigenvalue weighted by molar-refractivity contribution is 5.21. The van der Waals surface area contributed by atoms with Crippen molar-refractivity contribution < 1.29 is 0 Å². The van der Waals surface area contributed by atoms with Gasteiger partial charge in [0.15, 0.2) is 0 Å². The van der Waals surface area contributed by atoms with Crippen molar-refractivity contribution in [3.05, 3.63) is 35.4 Å². The summed E-state index contributed by atoms with van der Waals surface area (Å²) in [5.74, 6) is 1.47. The van der Waals surface area contributed by atoms with Crippen molar-refractivity contribution in [3.63, 3.8) is 0 Å². The lowest BCUT2D eigenvalue weighted by Crippen LogP contribution is -2.28. The van der Waals surface area contributed by atoms with Crippen LogP contribution in [0.15, 0.2) is 24.3 Å². The second-order valence-electron chi connectivity index (χ2n) is 8.21. The molecule has 120 valence electrons. The highest BCUT2D eigenvalue weighted by Crippen LogP contribution is 2.25. The Kier molecular flexibility index (Phi) is 7.45. The van der Waals surface area contributed by atoms with Crippen LogP contribution in [0.1, 0.15) is 58.6 Å². The second kappa shape index (κ2) is 8.58. The lowest BCUT2D eigenvalue weighted by Gasteiger charge is -2.24. The van der Waals surface area contributed by atoms with Crippen LogP contribution in [0.4, 0.5) is 0 Å². The van der Waals surface area contributed by atoms with Crippen LogP contribution in [0.3, 0.4) is 0 Å². The molecule has 0 aliphatic carbocycles. The molecular formula is C20H35N. The maximum atomic E-state index is 3.65. The first-order chi connectivity index (χ1) is 9.76. The number of nitrogens with one attached hydrogen (secondary N) is 1. The fourth-order valence-electron chi connectivity index (χ4n) is 2.55. The molecule has 1 aromatic carbocycles. The van der Waals surface area contributed by atoms with E-state index in [0.717, 1.165) is 24.9 Å². The van der Waals surface area contributed by atoms with Gasteiger partial charge in [0.2, 0.25) is 0 Å². The molecule has 0 aliphatic rings. The van der Waals surface area contributed by atoms with Crippen LogP contribution in [0.5, 0.6) is 0 Å². The van der Waals surface area contributed by atoms with E-state index in [4.69, 9.17) is 0 Å². The molecule has 0 fully saturated rings. The molecule has 0 saturated carbocycles. The zero-order valence-electron chi connectivity index (χ0n) is 15.0. The van der Waals surface area contributed by atoms with Gasteiger partial charge in [0.1, 0.15) is 0 Å². The fourth-order valence-corrected chi connectivity index (χ4v) is 2.55. The van der Waals surface area contributed by atoms with Gasteiger partial charge >= 0.3 is 0 Å². The summed E-state index contributed by atoms with van der Waals surface area (Å²) in [4.78, 5) is 0. The van der Waals surface area contributed by atoms with E-state index in [2.05, 4.69) is 71.1 Å². The van der Waals surface area contributed by atoms with E-state index in [-0.39, 0.29) is 0 Å². The average molecular weight is 290 g/mol. The van der Waals surface area contributed by atoms with Crippen LogP contribution in [0.25, 0.3) is 0 Å². The SMILES string of the molecule is Cc1ccc(CC(CCC(C)(C)C)CNCC(C)C)cc1. The standard InChI is InChI=1S/C20H35N/c1-16(2)14-21-15-19(11-12-20(4,5)6)13-18-9-7-17(3)8-10-18/h7-10,16,19,21H,11-15H2,1-6H3. The van der Waals surface area contributed by atoms with Gasteiger partial charge < -0.3 is 5.32 Å². The minimum atomic E-state index is 0.434. The van der Waals surface area contributed by atoms with Crippen LogP contribution in [0, 0.1) is 24.2 Å². The first kappa shape index (κ1) is 18.2. The zero-order chi connectivity index (χ0) is 15.9. The summed E-state index contributed by atoms with van der Waals surface area (Å²) in [6.45, 7) is 16.0. The second-order valence-corrected chi connectivity index (χ2v) is 8.21. The van der Waals surface area contributed by atoms with Crippen LogP contribution in [0.2, 0.25) is 0 Å². The molecule has 0 spiro atoms.